The Hall–Kier alpha value is -4.97. The van der Waals surface area contributed by atoms with Gasteiger partial charge in [0.2, 0.25) is 23.6 Å². The first-order chi connectivity index (χ1) is 23.4. The predicted molar refractivity (Wildman–Crippen MR) is 193 cm³/mol. The zero-order valence-electron chi connectivity index (χ0n) is 30.0. The van der Waals surface area contributed by atoms with Crippen LogP contribution in [0.5, 0.6) is 5.75 Å². The van der Waals surface area contributed by atoms with Crippen molar-refractivity contribution in [2.45, 2.75) is 90.0 Å². The normalized spacial score (nSPS) is 13.4. The highest BCUT2D eigenvalue weighted by molar-refractivity contribution is 5.98. The summed E-state index contributed by atoms with van der Waals surface area (Å²) in [5, 5.41) is 30.2. The lowest BCUT2D eigenvalue weighted by atomic mass is 9.96. The summed E-state index contributed by atoms with van der Waals surface area (Å²) in [5.74, 6) is -3.56. The number of carboxylic acids is 1. The van der Waals surface area contributed by atoms with Crippen LogP contribution < -0.4 is 21.3 Å². The van der Waals surface area contributed by atoms with Gasteiger partial charge in [-0.2, -0.15) is 0 Å². The average molecular weight is 692 g/mol. The number of benzene rings is 2. The van der Waals surface area contributed by atoms with Crippen LogP contribution >= 0.6 is 0 Å². The van der Waals surface area contributed by atoms with Gasteiger partial charge in [-0.3, -0.25) is 24.1 Å². The summed E-state index contributed by atoms with van der Waals surface area (Å²) in [6, 6.07) is 12.4. The Morgan fingerprint density at radius 3 is 1.80 bits per heavy atom. The number of nitrogens with one attached hydrogen (secondary N) is 4. The smallest absolute Gasteiger partial charge is 0.326 e. The van der Waals surface area contributed by atoms with E-state index in [1.807, 2.05) is 24.8 Å². The molecule has 2 aromatic carbocycles. The van der Waals surface area contributed by atoms with Crippen molar-refractivity contribution < 1.29 is 34.2 Å². The molecular formula is C38H53N5O7. The minimum Gasteiger partial charge on any atom is -0.508 e. The second kappa shape index (κ2) is 18.7. The number of rotatable bonds is 20. The zero-order valence-corrected chi connectivity index (χ0v) is 30.0. The molecule has 0 aromatic heterocycles. The number of amides is 4. The fraction of sp³-hybridized carbons (Fsp3) is 0.447. The SMILES string of the molecule is C=CCN(CC=C)C(Cc1ccc(O)cc1)C(=O)NC(C)(C)C(=O)NC(C)(C)C(=O)NC(Cc1ccccc1)C(=O)NC(CC(C)C)C(=O)O. The number of carbonyl (C=O) groups excluding carboxylic acids is 4. The van der Waals surface area contributed by atoms with Crippen molar-refractivity contribution >= 4 is 29.6 Å². The van der Waals surface area contributed by atoms with Gasteiger partial charge in [0.25, 0.3) is 0 Å². The van der Waals surface area contributed by atoms with Gasteiger partial charge >= 0.3 is 5.97 Å². The van der Waals surface area contributed by atoms with Gasteiger partial charge in [0.15, 0.2) is 0 Å². The first-order valence-electron chi connectivity index (χ1n) is 16.7. The van der Waals surface area contributed by atoms with E-state index >= 15 is 0 Å². The molecule has 0 heterocycles. The average Bonchev–Trinajstić information content (AvgIpc) is 3.03. The molecule has 0 saturated heterocycles. The summed E-state index contributed by atoms with van der Waals surface area (Å²) in [5.41, 5.74) is -1.52. The van der Waals surface area contributed by atoms with Crippen molar-refractivity contribution in [2.24, 2.45) is 5.92 Å². The molecular weight excluding hydrogens is 638 g/mol. The van der Waals surface area contributed by atoms with E-state index in [-0.39, 0.29) is 30.9 Å². The summed E-state index contributed by atoms with van der Waals surface area (Å²) in [7, 11) is 0. The van der Waals surface area contributed by atoms with Crippen molar-refractivity contribution in [3.8, 4) is 5.75 Å². The van der Waals surface area contributed by atoms with Crippen LogP contribution in [0.2, 0.25) is 0 Å². The predicted octanol–water partition coefficient (Wildman–Crippen LogP) is 3.11. The van der Waals surface area contributed by atoms with Crippen molar-refractivity contribution in [1.29, 1.82) is 0 Å². The highest BCUT2D eigenvalue weighted by atomic mass is 16.4. The third-order valence-corrected chi connectivity index (χ3v) is 8.06. The number of nitrogens with zero attached hydrogens (tertiary/aromatic N) is 1. The molecule has 4 amide bonds. The largest absolute Gasteiger partial charge is 0.508 e. The molecule has 0 aliphatic carbocycles. The highest BCUT2D eigenvalue weighted by Crippen LogP contribution is 2.17. The molecule has 3 unspecified atom stereocenters. The van der Waals surface area contributed by atoms with Crippen LogP contribution in [0.1, 0.15) is 59.1 Å². The van der Waals surface area contributed by atoms with E-state index in [4.69, 9.17) is 0 Å². The second-order valence-electron chi connectivity index (χ2n) is 13.9. The topological polar surface area (TPSA) is 177 Å². The number of phenolic OH excluding ortho intramolecular Hbond substituents is 1. The molecule has 6 N–H and O–H groups in total. The summed E-state index contributed by atoms with van der Waals surface area (Å²) in [6.45, 7) is 18.0. The second-order valence-corrected chi connectivity index (χ2v) is 13.9. The zero-order chi connectivity index (χ0) is 37.6. The van der Waals surface area contributed by atoms with Crippen LogP contribution in [-0.4, -0.2) is 87.0 Å². The Morgan fingerprint density at radius 2 is 1.28 bits per heavy atom. The summed E-state index contributed by atoms with van der Waals surface area (Å²) in [4.78, 5) is 68.3. The first-order valence-corrected chi connectivity index (χ1v) is 16.7. The maximum absolute atomic E-state index is 13.8. The van der Waals surface area contributed by atoms with E-state index in [0.29, 0.717) is 13.1 Å². The standard InChI is InChI=1S/C38H53N5O7/c1-9-20-43(21-10-2)31(24-27-16-18-28(44)19-17-27)33(46)41-38(7,8)36(50)42-37(5,6)35(49)40-29(23-26-14-12-11-13-15-26)32(45)39-30(34(47)48)22-25(3)4/h9-19,25,29-31,44H,1-2,20-24H2,3-8H3,(H,39,45)(H,40,49)(H,41,46)(H,42,50)(H,47,48). The number of aliphatic carboxylic acids is 1. The third-order valence-electron chi connectivity index (χ3n) is 8.06. The lowest BCUT2D eigenvalue weighted by Crippen LogP contribution is -2.65. The number of hydrogen-bond acceptors (Lipinski definition) is 7. The van der Waals surface area contributed by atoms with Crippen LogP contribution in [0.3, 0.4) is 0 Å². The molecule has 0 radical (unpaired) electrons. The van der Waals surface area contributed by atoms with Crippen molar-refractivity contribution in [1.82, 2.24) is 26.2 Å². The molecule has 2 aromatic rings. The Balaban J connectivity index is 2.26. The molecule has 0 spiro atoms. The maximum Gasteiger partial charge on any atom is 0.326 e. The monoisotopic (exact) mass is 691 g/mol. The molecule has 0 saturated carbocycles. The van der Waals surface area contributed by atoms with E-state index in [0.717, 1.165) is 11.1 Å². The highest BCUT2D eigenvalue weighted by Gasteiger charge is 2.40. The number of aromatic hydroxyl groups is 1. The molecule has 50 heavy (non-hydrogen) atoms. The number of carbonyl (C=O) groups is 5. The van der Waals surface area contributed by atoms with Crippen LogP contribution in [0, 0.1) is 5.92 Å². The van der Waals surface area contributed by atoms with Crippen molar-refractivity contribution in [3.05, 3.63) is 91.0 Å². The van der Waals surface area contributed by atoms with Crippen LogP contribution in [0.15, 0.2) is 79.9 Å². The molecule has 2 rings (SSSR count). The van der Waals surface area contributed by atoms with Gasteiger partial charge in [0, 0.05) is 19.5 Å². The molecule has 0 fully saturated rings. The Labute approximate surface area is 295 Å². The number of hydrogen-bond donors (Lipinski definition) is 6. The molecule has 272 valence electrons. The summed E-state index contributed by atoms with van der Waals surface area (Å²) >= 11 is 0. The molecule has 12 nitrogen and oxygen atoms in total. The Morgan fingerprint density at radius 1 is 0.740 bits per heavy atom. The minimum absolute atomic E-state index is 0.00769. The van der Waals surface area contributed by atoms with Gasteiger partial charge < -0.3 is 31.5 Å². The van der Waals surface area contributed by atoms with Crippen molar-refractivity contribution in [2.75, 3.05) is 13.1 Å². The minimum atomic E-state index is -1.55. The van der Waals surface area contributed by atoms with Gasteiger partial charge in [-0.25, -0.2) is 4.79 Å². The summed E-state index contributed by atoms with van der Waals surface area (Å²) in [6.07, 6.45) is 3.87. The molecule has 0 aliphatic heterocycles. The quantitative estimate of drug-likeness (QED) is 0.115. The lowest BCUT2D eigenvalue weighted by Gasteiger charge is -2.35. The van der Waals surface area contributed by atoms with E-state index < -0.39 is 58.8 Å². The van der Waals surface area contributed by atoms with Crippen LogP contribution in [-0.2, 0) is 36.8 Å². The van der Waals surface area contributed by atoms with Crippen LogP contribution in [0.4, 0.5) is 0 Å². The van der Waals surface area contributed by atoms with Crippen molar-refractivity contribution in [3.63, 3.8) is 0 Å². The molecule has 0 aliphatic rings. The van der Waals surface area contributed by atoms with E-state index in [1.54, 1.807) is 48.6 Å². The van der Waals surface area contributed by atoms with E-state index in [9.17, 15) is 34.2 Å². The molecule has 3 atom stereocenters. The van der Waals surface area contributed by atoms with Gasteiger partial charge in [-0.1, -0.05) is 68.5 Å². The van der Waals surface area contributed by atoms with Gasteiger partial charge in [0.1, 0.15) is 28.9 Å². The fourth-order valence-corrected chi connectivity index (χ4v) is 5.21. The van der Waals surface area contributed by atoms with E-state index in [1.165, 1.54) is 39.8 Å². The molecule has 12 heteroatoms. The fourth-order valence-electron chi connectivity index (χ4n) is 5.21. The van der Waals surface area contributed by atoms with Crippen LogP contribution in [0.25, 0.3) is 0 Å². The van der Waals surface area contributed by atoms with E-state index in [2.05, 4.69) is 34.4 Å². The first kappa shape index (κ1) is 41.2. The maximum atomic E-state index is 13.8. The third kappa shape index (κ3) is 12.8. The number of phenols is 1. The Kier molecular flexibility index (Phi) is 15.4. The molecule has 0 bridgehead atoms. The summed E-state index contributed by atoms with van der Waals surface area (Å²) < 4.78 is 0. The Bertz CT molecular complexity index is 1480. The van der Waals surface area contributed by atoms with Gasteiger partial charge in [-0.05, 0) is 69.7 Å². The number of carboxylic acid groups (broad SMARTS) is 1. The van der Waals surface area contributed by atoms with Gasteiger partial charge in [0.05, 0.1) is 6.04 Å². The van der Waals surface area contributed by atoms with Gasteiger partial charge in [-0.15, -0.1) is 13.2 Å². The lowest BCUT2D eigenvalue weighted by molar-refractivity contribution is -0.143.